The molecule has 7 nitrogen and oxygen atoms in total. The molecule has 2 N–H and O–H groups in total. The molecule has 1 aliphatic carbocycles. The molecule has 1 aromatic carbocycles. The van der Waals surface area contributed by atoms with E-state index in [1.165, 1.54) is 6.42 Å². The van der Waals surface area contributed by atoms with Crippen LogP contribution in [0.5, 0.6) is 5.88 Å². The number of hydrogen-bond acceptors (Lipinski definition) is 5. The average Bonchev–Trinajstić information content (AvgIpc) is 3.06. The number of nitrogens with one attached hydrogen (secondary N) is 1. The van der Waals surface area contributed by atoms with E-state index >= 15 is 0 Å². The fraction of sp³-hybridized carbons (Fsp3) is 0.474. The molecule has 0 amide bonds. The van der Waals surface area contributed by atoms with E-state index in [0.29, 0.717) is 11.9 Å². The second-order valence-corrected chi connectivity index (χ2v) is 7.52. The standard InChI is InChI=1S/C19H25N5O2/c1-19(2,25)12-8-9-16-14(10-12)17(21-24(16)13-6-5-7-13)20-15-11-23(3)22-18(15)26-4/h8-11,13,25H,5-7H2,1-4H3,(H,20,21). The molecule has 1 fully saturated rings. The Morgan fingerprint density at radius 2 is 2.04 bits per heavy atom. The van der Waals surface area contributed by atoms with Gasteiger partial charge in [0.25, 0.3) is 5.88 Å². The van der Waals surface area contributed by atoms with Crippen molar-refractivity contribution < 1.29 is 9.84 Å². The fourth-order valence-corrected chi connectivity index (χ4v) is 3.36. The Hall–Kier alpha value is -2.54. The molecule has 0 atom stereocenters. The molecule has 0 radical (unpaired) electrons. The molecular formula is C19H25N5O2. The molecule has 0 unspecified atom stereocenters. The highest BCUT2D eigenvalue weighted by Crippen LogP contribution is 2.38. The second-order valence-electron chi connectivity index (χ2n) is 7.52. The number of benzene rings is 1. The van der Waals surface area contributed by atoms with Crippen molar-refractivity contribution in [2.45, 2.75) is 44.8 Å². The molecule has 1 aliphatic rings. The number of methoxy groups -OCH3 is 1. The zero-order valence-electron chi connectivity index (χ0n) is 15.7. The molecule has 3 aromatic rings. The molecule has 2 heterocycles. The summed E-state index contributed by atoms with van der Waals surface area (Å²) in [7, 11) is 3.45. The van der Waals surface area contributed by atoms with Crippen molar-refractivity contribution in [3.63, 3.8) is 0 Å². The zero-order chi connectivity index (χ0) is 18.5. The first-order chi connectivity index (χ1) is 12.4. The van der Waals surface area contributed by atoms with E-state index in [0.717, 1.165) is 40.8 Å². The van der Waals surface area contributed by atoms with Gasteiger partial charge in [-0.25, -0.2) is 0 Å². The van der Waals surface area contributed by atoms with E-state index in [-0.39, 0.29) is 0 Å². The molecule has 0 saturated heterocycles. The SMILES string of the molecule is COc1nn(C)cc1Nc1nn(C2CCC2)c2ccc(C(C)(C)O)cc12. The Bertz CT molecular complexity index is 947. The zero-order valence-corrected chi connectivity index (χ0v) is 15.7. The van der Waals surface area contributed by atoms with Gasteiger partial charge in [-0.3, -0.25) is 9.36 Å². The van der Waals surface area contributed by atoms with Gasteiger partial charge in [-0.05, 0) is 50.8 Å². The maximum absolute atomic E-state index is 10.4. The van der Waals surface area contributed by atoms with Gasteiger partial charge < -0.3 is 15.2 Å². The lowest BCUT2D eigenvalue weighted by atomic mass is 9.93. The first kappa shape index (κ1) is 16.9. The number of aliphatic hydroxyl groups is 1. The van der Waals surface area contributed by atoms with E-state index in [9.17, 15) is 5.11 Å². The maximum Gasteiger partial charge on any atom is 0.256 e. The number of fused-ring (bicyclic) bond motifs is 1. The maximum atomic E-state index is 10.4. The third-order valence-corrected chi connectivity index (χ3v) is 5.07. The van der Waals surface area contributed by atoms with Crippen LogP contribution in [-0.4, -0.2) is 31.8 Å². The molecule has 1 saturated carbocycles. The van der Waals surface area contributed by atoms with Gasteiger partial charge in [-0.2, -0.15) is 5.10 Å². The van der Waals surface area contributed by atoms with Crippen molar-refractivity contribution in [2.24, 2.45) is 7.05 Å². The van der Waals surface area contributed by atoms with Crippen molar-refractivity contribution >= 4 is 22.4 Å². The van der Waals surface area contributed by atoms with Crippen LogP contribution in [0.3, 0.4) is 0 Å². The summed E-state index contributed by atoms with van der Waals surface area (Å²) >= 11 is 0. The van der Waals surface area contributed by atoms with Crippen molar-refractivity contribution in [3.8, 4) is 5.88 Å². The van der Waals surface area contributed by atoms with Crippen LogP contribution in [-0.2, 0) is 12.6 Å². The van der Waals surface area contributed by atoms with Gasteiger partial charge in [0.1, 0.15) is 5.69 Å². The molecule has 7 heteroatoms. The van der Waals surface area contributed by atoms with E-state index < -0.39 is 5.60 Å². The predicted octanol–water partition coefficient (Wildman–Crippen LogP) is 3.47. The predicted molar refractivity (Wildman–Crippen MR) is 101 cm³/mol. The minimum atomic E-state index is -0.907. The molecular weight excluding hydrogens is 330 g/mol. The summed E-state index contributed by atoms with van der Waals surface area (Å²) in [6.07, 6.45) is 5.42. The summed E-state index contributed by atoms with van der Waals surface area (Å²) in [5.41, 5.74) is 1.80. The average molecular weight is 355 g/mol. The van der Waals surface area contributed by atoms with E-state index in [1.807, 2.05) is 25.4 Å². The van der Waals surface area contributed by atoms with Gasteiger partial charge in [0.15, 0.2) is 5.82 Å². The number of ether oxygens (including phenoxy) is 1. The topological polar surface area (TPSA) is 77.1 Å². The van der Waals surface area contributed by atoms with Crippen molar-refractivity contribution in [2.75, 3.05) is 12.4 Å². The van der Waals surface area contributed by atoms with Crippen LogP contribution in [0.4, 0.5) is 11.5 Å². The minimum Gasteiger partial charge on any atom is -0.478 e. The number of aryl methyl sites for hydroxylation is 1. The number of nitrogens with zero attached hydrogens (tertiary/aromatic N) is 4. The quantitative estimate of drug-likeness (QED) is 0.733. The Labute approximate surface area is 152 Å². The first-order valence-corrected chi connectivity index (χ1v) is 8.96. The highest BCUT2D eigenvalue weighted by atomic mass is 16.5. The number of anilines is 2. The van der Waals surface area contributed by atoms with Crippen LogP contribution in [0, 0.1) is 0 Å². The third kappa shape index (κ3) is 2.82. The lowest BCUT2D eigenvalue weighted by molar-refractivity contribution is 0.0787. The molecule has 138 valence electrons. The highest BCUT2D eigenvalue weighted by Gasteiger charge is 2.26. The third-order valence-electron chi connectivity index (χ3n) is 5.07. The monoisotopic (exact) mass is 355 g/mol. The van der Waals surface area contributed by atoms with Gasteiger partial charge in [0.05, 0.1) is 30.5 Å². The Kier molecular flexibility index (Phi) is 3.91. The minimum absolute atomic E-state index is 0.442. The summed E-state index contributed by atoms with van der Waals surface area (Å²) in [6, 6.07) is 6.49. The Balaban J connectivity index is 1.83. The van der Waals surface area contributed by atoms with Crippen LogP contribution < -0.4 is 10.1 Å². The van der Waals surface area contributed by atoms with Crippen molar-refractivity contribution in [3.05, 3.63) is 30.0 Å². The Morgan fingerprint density at radius 1 is 1.27 bits per heavy atom. The van der Waals surface area contributed by atoms with Crippen LogP contribution in [0.1, 0.15) is 44.7 Å². The summed E-state index contributed by atoms with van der Waals surface area (Å²) in [5, 5.41) is 23.9. The number of hydrogen-bond donors (Lipinski definition) is 2. The smallest absolute Gasteiger partial charge is 0.256 e. The van der Waals surface area contributed by atoms with Gasteiger partial charge >= 0.3 is 0 Å². The lowest BCUT2D eigenvalue weighted by Gasteiger charge is -2.26. The summed E-state index contributed by atoms with van der Waals surface area (Å²) in [5.74, 6) is 1.28. The first-order valence-electron chi connectivity index (χ1n) is 8.96. The summed E-state index contributed by atoms with van der Waals surface area (Å²) < 4.78 is 9.16. The largest absolute Gasteiger partial charge is 0.478 e. The van der Waals surface area contributed by atoms with Crippen molar-refractivity contribution in [1.82, 2.24) is 19.6 Å². The van der Waals surface area contributed by atoms with E-state index in [1.54, 1.807) is 25.6 Å². The molecule has 0 bridgehead atoms. The van der Waals surface area contributed by atoms with Crippen LogP contribution in [0.25, 0.3) is 10.9 Å². The summed E-state index contributed by atoms with van der Waals surface area (Å²) in [6.45, 7) is 3.59. The fourth-order valence-electron chi connectivity index (χ4n) is 3.36. The molecule has 26 heavy (non-hydrogen) atoms. The van der Waals surface area contributed by atoms with E-state index in [4.69, 9.17) is 9.84 Å². The van der Waals surface area contributed by atoms with Crippen LogP contribution in [0.2, 0.25) is 0 Å². The van der Waals surface area contributed by atoms with Crippen LogP contribution >= 0.6 is 0 Å². The molecule has 0 spiro atoms. The number of aromatic nitrogens is 4. The lowest BCUT2D eigenvalue weighted by Crippen LogP contribution is -2.18. The Morgan fingerprint density at radius 3 is 2.65 bits per heavy atom. The van der Waals surface area contributed by atoms with Crippen LogP contribution in [0.15, 0.2) is 24.4 Å². The van der Waals surface area contributed by atoms with Gasteiger partial charge in [0.2, 0.25) is 0 Å². The molecule has 4 rings (SSSR count). The highest BCUT2D eigenvalue weighted by molar-refractivity contribution is 5.93. The second kappa shape index (κ2) is 6.02. The van der Waals surface area contributed by atoms with Gasteiger partial charge in [-0.1, -0.05) is 6.07 Å². The molecule has 2 aromatic heterocycles. The van der Waals surface area contributed by atoms with Crippen molar-refractivity contribution in [1.29, 1.82) is 0 Å². The van der Waals surface area contributed by atoms with E-state index in [2.05, 4.69) is 21.2 Å². The van der Waals surface area contributed by atoms with Gasteiger partial charge in [-0.15, -0.1) is 5.10 Å². The number of rotatable bonds is 5. The van der Waals surface area contributed by atoms with Gasteiger partial charge in [0, 0.05) is 12.4 Å². The summed E-state index contributed by atoms with van der Waals surface area (Å²) in [4.78, 5) is 0. The normalized spacial score (nSPS) is 15.3. The molecule has 0 aliphatic heterocycles.